The van der Waals surface area contributed by atoms with Crippen LogP contribution in [0.15, 0.2) is 18.1 Å². The number of nitrogens with two attached hydrogens (primary N) is 1. The molecule has 6 heteroatoms. The smallest absolute Gasteiger partial charge is 0.323 e. The van der Waals surface area contributed by atoms with Crippen molar-refractivity contribution in [2.45, 2.75) is 12.1 Å². The third kappa shape index (κ3) is 2.36. The molecule has 15 heavy (non-hydrogen) atoms. The molecule has 6 nitrogen and oxygen atoms in total. The molecule has 82 valence electrons. The molecule has 0 heterocycles. The molecule has 0 aliphatic heterocycles. The van der Waals surface area contributed by atoms with E-state index in [4.69, 9.17) is 17.6 Å². The molecule has 0 spiro atoms. The summed E-state index contributed by atoms with van der Waals surface area (Å²) < 4.78 is 65.9. The number of hydrogen-bond acceptors (Lipinski definition) is 5. The second-order valence-electron chi connectivity index (χ2n) is 2.41. The Morgan fingerprint density at radius 2 is 2.33 bits per heavy atom. The summed E-state index contributed by atoms with van der Waals surface area (Å²) in [6.45, 7) is 0. The molecule has 0 saturated carbocycles. The fourth-order valence-corrected chi connectivity index (χ4v) is 0.716. The third-order valence-corrected chi connectivity index (χ3v) is 1.41. The molecule has 1 aromatic carbocycles. The Hall–Kier alpha value is -1.79. The number of hydrogen-bond donors (Lipinski definition) is 5. The van der Waals surface area contributed by atoms with Crippen molar-refractivity contribution in [3.8, 4) is 11.5 Å². The highest BCUT2D eigenvalue weighted by atomic mass is 16.4. The molecule has 6 N–H and O–H groups in total. The number of aliphatic hydroxyl groups is 1. The van der Waals surface area contributed by atoms with Crippen LogP contribution in [0, 0.1) is 0 Å². The minimum absolute atomic E-state index is 0.818. The van der Waals surface area contributed by atoms with Gasteiger partial charge in [-0.15, -0.1) is 0 Å². The maximum Gasteiger partial charge on any atom is 0.323 e. The van der Waals surface area contributed by atoms with Crippen LogP contribution in [-0.2, 0) is 4.79 Å². The molecule has 0 amide bonds. The van der Waals surface area contributed by atoms with Gasteiger partial charge in [0.1, 0.15) is 14.9 Å². The van der Waals surface area contributed by atoms with Crippen LogP contribution in [0.25, 0.3) is 0 Å². The zero-order chi connectivity index (χ0) is 19.0. The normalized spacial score (nSPS) is 26.9. The van der Waals surface area contributed by atoms with Crippen LogP contribution in [-0.4, -0.2) is 35.3 Å². The maximum atomic E-state index is 11.2. The van der Waals surface area contributed by atoms with E-state index in [-0.39, 0.29) is 0 Å². The van der Waals surface area contributed by atoms with Gasteiger partial charge in [-0.25, -0.2) is 0 Å². The van der Waals surface area contributed by atoms with Crippen molar-refractivity contribution in [2.75, 3.05) is 0 Å². The zero-order valence-corrected chi connectivity index (χ0v) is 7.07. The molecule has 0 aliphatic rings. The first-order valence-electron chi connectivity index (χ1n) is 7.74. The van der Waals surface area contributed by atoms with Gasteiger partial charge in [-0.05, 0) is 17.6 Å². The van der Waals surface area contributed by atoms with Gasteiger partial charge in [0.25, 0.3) is 2.86 Å². The van der Waals surface area contributed by atoms with Crippen molar-refractivity contribution in [1.29, 1.82) is 2.86 Å². The Morgan fingerprint density at radius 3 is 2.87 bits per heavy atom. The van der Waals surface area contributed by atoms with Crippen molar-refractivity contribution >= 4 is 5.97 Å². The van der Waals surface area contributed by atoms with Crippen molar-refractivity contribution in [3.63, 3.8) is 0 Å². The lowest BCUT2D eigenvalue weighted by atomic mass is 10.0. The van der Waals surface area contributed by atoms with Crippen molar-refractivity contribution < 1.29 is 34.9 Å². The number of phenolic OH excluding ortho intramolecular Hbond substituents is 2. The van der Waals surface area contributed by atoms with Gasteiger partial charge >= 0.3 is 5.97 Å². The first kappa shape index (κ1) is 3.99. The van der Waals surface area contributed by atoms with Gasteiger partial charge in [0, 0.05) is 0 Å². The van der Waals surface area contributed by atoms with E-state index in [0.29, 0.717) is 0 Å². The quantitative estimate of drug-likeness (QED) is 0.415. The van der Waals surface area contributed by atoms with Gasteiger partial charge in [0.2, 0.25) is 0 Å². The topological polar surface area (TPSA) is 124 Å². The zero-order valence-electron chi connectivity index (χ0n) is 16.1. The minimum Gasteiger partial charge on any atom is -0.504 e. The number of phenols is 2. The number of rotatable bonds is 6. The summed E-state index contributed by atoms with van der Waals surface area (Å²) in [4.78, 5) is 11.2. The van der Waals surface area contributed by atoms with Gasteiger partial charge in [0.15, 0.2) is 11.5 Å². The number of benzene rings is 1. The van der Waals surface area contributed by atoms with Crippen LogP contribution >= 0.6 is 0 Å². The molecule has 0 bridgehead atoms. The molecular weight excluding hydrogens is 202 g/mol. The summed E-state index contributed by atoms with van der Waals surface area (Å²) in [5.74, 6) is -4.18. The molecule has 1 aromatic rings. The minimum atomic E-state index is -3.76. The Balaban J connectivity index is 3.91. The largest absolute Gasteiger partial charge is 0.504 e. The monoisotopic (exact) mass is 222 g/mol. The highest BCUT2D eigenvalue weighted by Gasteiger charge is 2.24. The van der Waals surface area contributed by atoms with E-state index in [2.05, 4.69) is 10.2 Å². The highest BCUT2D eigenvalue weighted by molar-refractivity contribution is 5.74. The average molecular weight is 222 g/mol. The van der Waals surface area contributed by atoms with Gasteiger partial charge < -0.3 is 26.2 Å². The standard InChI is InChI=1S/C9H11NO5/c10-7(9(14)15)8(13)4-1-2-5(11)6(12)3-4/h1-3,7-8,11-13H,10H2,(H,14,15)/t7-,8+/m0/s1/i1D,2D,3D,7D,8D/hD4. The van der Waals surface area contributed by atoms with Crippen LogP contribution < -0.4 is 5.72 Å². The van der Waals surface area contributed by atoms with Crippen LogP contribution in [0.2, 0.25) is 2.82 Å². The number of carbonyl (C=O) groups is 1. The molecular formula is C9H11NO5. The van der Waals surface area contributed by atoms with E-state index in [1.54, 1.807) is 0 Å². The molecule has 0 fully saturated rings. The summed E-state index contributed by atoms with van der Waals surface area (Å²) in [6, 6.07) is -7.09. The number of carboxylic acid groups (broad SMARTS) is 1. The summed E-state index contributed by atoms with van der Waals surface area (Å²) in [5, 5.41) is 27.2. The van der Waals surface area contributed by atoms with Crippen molar-refractivity contribution in [3.05, 3.63) is 23.7 Å². The Bertz CT molecular complexity index is 670. The molecule has 0 radical (unpaired) electrons. The van der Waals surface area contributed by atoms with E-state index in [9.17, 15) is 9.90 Å². The van der Waals surface area contributed by atoms with Gasteiger partial charge in [0.05, 0.1) is 6.85 Å². The predicted octanol–water partition coefficient (Wildman–Crippen LogP) is -0.457. The second-order valence-corrected chi connectivity index (χ2v) is 2.41. The van der Waals surface area contributed by atoms with E-state index in [0.717, 1.165) is 0 Å². The van der Waals surface area contributed by atoms with E-state index in [1.807, 2.05) is 0 Å². The highest BCUT2D eigenvalue weighted by Crippen LogP contribution is 2.28. The molecule has 0 unspecified atom stereocenters. The maximum absolute atomic E-state index is 11.2. The molecule has 0 aliphatic carbocycles. The van der Waals surface area contributed by atoms with Gasteiger partial charge in [-0.2, -0.15) is 0 Å². The molecule has 0 saturated heterocycles. The number of carboxylic acids is 1. The fourth-order valence-electron chi connectivity index (χ4n) is 0.716. The van der Waals surface area contributed by atoms with Crippen LogP contribution in [0.4, 0.5) is 0 Å². The van der Waals surface area contributed by atoms with Crippen molar-refractivity contribution in [1.82, 2.24) is 0 Å². The summed E-state index contributed by atoms with van der Waals surface area (Å²) in [5.41, 5.74) is -2.10. The lowest BCUT2D eigenvalue weighted by molar-refractivity contribution is -0.141. The van der Waals surface area contributed by atoms with E-state index < -0.39 is 59.0 Å². The fraction of sp³-hybridized carbons (Fsp3) is 0.222. The average Bonchev–Trinajstić information content (AvgIpc) is 2.48. The lowest BCUT2D eigenvalue weighted by Gasteiger charge is -2.15. The molecule has 2 atom stereocenters. The summed E-state index contributed by atoms with van der Waals surface area (Å²) in [6.07, 6.45) is -3.76. The lowest BCUT2D eigenvalue weighted by Crippen LogP contribution is -2.36. The first-order valence-corrected chi connectivity index (χ1v) is 3.53. The molecule has 0 aromatic heterocycles. The molecule has 1 rings (SSSR count). The van der Waals surface area contributed by atoms with Gasteiger partial charge in [-0.3, -0.25) is 4.79 Å². The summed E-state index contributed by atoms with van der Waals surface area (Å²) in [7, 11) is 0. The van der Waals surface area contributed by atoms with Gasteiger partial charge in [-0.1, -0.05) is 6.04 Å². The second kappa shape index (κ2) is 4.16. The predicted molar refractivity (Wildman–Crippen MR) is 50.3 cm³/mol. The van der Waals surface area contributed by atoms with E-state index in [1.165, 1.54) is 0 Å². The number of aliphatic carboxylic acids is 1. The number of aromatic hydroxyl groups is 2. The third-order valence-electron chi connectivity index (χ3n) is 1.41. The summed E-state index contributed by atoms with van der Waals surface area (Å²) >= 11 is 0. The van der Waals surface area contributed by atoms with Crippen LogP contribution in [0.5, 0.6) is 11.5 Å². The Labute approximate surface area is 98.1 Å². The van der Waals surface area contributed by atoms with Crippen LogP contribution in [0.3, 0.4) is 0 Å². The van der Waals surface area contributed by atoms with Crippen LogP contribution in [0.1, 0.15) is 18.5 Å². The first-order chi connectivity index (χ1) is 10.9. The van der Waals surface area contributed by atoms with E-state index >= 15 is 0 Å². The van der Waals surface area contributed by atoms with Crippen molar-refractivity contribution in [2.24, 2.45) is 5.72 Å². The SMILES string of the molecule is [2H]Oc1c([2H])c([2H])c([C@@]([2H])(O)[C@@]([2H])(C(=O)O)N([2H])[2H])c([2H])c1O[2H]. The Morgan fingerprint density at radius 1 is 1.60 bits per heavy atom. The Kier molecular flexibility index (Phi) is 1.11.